The Kier molecular flexibility index (Phi) is 12.5. The van der Waals surface area contributed by atoms with Crippen molar-refractivity contribution in [2.75, 3.05) is 25.1 Å². The summed E-state index contributed by atoms with van der Waals surface area (Å²) in [6, 6.07) is 21.3. The number of aromatic nitrogens is 4. The van der Waals surface area contributed by atoms with Crippen molar-refractivity contribution in [3.8, 4) is 6.07 Å². The van der Waals surface area contributed by atoms with E-state index < -0.39 is 29.7 Å². The number of carbonyl (C=O) groups excluding carboxylic acids is 3. The van der Waals surface area contributed by atoms with E-state index in [0.29, 0.717) is 18.9 Å². The molecule has 2 aromatic heterocycles. The van der Waals surface area contributed by atoms with E-state index in [1.165, 1.54) is 7.11 Å². The number of amides is 4. The van der Waals surface area contributed by atoms with E-state index in [1.807, 2.05) is 70.7 Å². The molecule has 5 heterocycles. The average Bonchev–Trinajstić information content (AvgIpc) is 4.15. The second-order valence-corrected chi connectivity index (χ2v) is 19.0. The van der Waals surface area contributed by atoms with Crippen molar-refractivity contribution in [1.29, 1.82) is 5.26 Å². The van der Waals surface area contributed by atoms with Crippen LogP contribution >= 0.6 is 0 Å². The molecule has 342 valence electrons. The molecule has 4 amide bonds. The fraction of sp³-hybridized carbons (Fsp3) is 0.490. The first-order chi connectivity index (χ1) is 31.1. The van der Waals surface area contributed by atoms with E-state index in [1.54, 1.807) is 4.90 Å². The largest absolute Gasteiger partial charge is 0.465 e. The average molecular weight is 885 g/mol. The Bertz CT molecular complexity index is 2630. The Hall–Kier alpha value is -6.63. The third kappa shape index (κ3) is 8.80. The molecule has 65 heavy (non-hydrogen) atoms. The van der Waals surface area contributed by atoms with Crippen LogP contribution in [0.25, 0.3) is 22.1 Å². The molecule has 0 bridgehead atoms. The van der Waals surface area contributed by atoms with Crippen LogP contribution < -0.4 is 15.5 Å². The van der Waals surface area contributed by atoms with Gasteiger partial charge < -0.3 is 45.1 Å². The number of imidazole rings is 2. The molecule has 5 aromatic rings. The van der Waals surface area contributed by atoms with Crippen LogP contribution in [0.3, 0.4) is 0 Å². The zero-order chi connectivity index (χ0) is 46.3. The maximum atomic E-state index is 13.9. The number of alkyl carbamates (subject to hydrolysis) is 1. The van der Waals surface area contributed by atoms with Crippen molar-refractivity contribution in [2.45, 2.75) is 122 Å². The number of anilines is 1. The number of carboxylic acid groups (broad SMARTS) is 1. The molecule has 16 nitrogen and oxygen atoms in total. The van der Waals surface area contributed by atoms with Gasteiger partial charge in [0.05, 0.1) is 64.8 Å². The first-order valence-corrected chi connectivity index (χ1v) is 22.8. The fourth-order valence-corrected chi connectivity index (χ4v) is 10.1. The standard InChI is InChI=1S/C49H60N10O6/c1-27(2)41(55-47(62)63)45(60)57-22-8-10-39(57)43-51-33-18-12-29(24-35(33)53-43)37-20-21-38(59(37)32-16-14-31(15-17-32)49(5,6)26-50)30-13-19-34-36(25-30)54-44(52-34)40-11-9-23-58(40)46(61)42(28(3)4)56-48(64)65-7/h12-19,24-25,27-28,37-42,55H,8-11,20-23H2,1-7H3,(H,51,53)(H,52,54)(H,56,64)(H,62,63)/t37-,38-,39+,40+,41+,42+/m1/s1. The number of hydrogen-bond donors (Lipinski definition) is 5. The molecule has 0 spiro atoms. The minimum absolute atomic E-state index is 0.00821. The van der Waals surface area contributed by atoms with Gasteiger partial charge in [-0.05, 0) is 117 Å². The topological polar surface area (TPSA) is 213 Å². The molecule has 3 aliphatic rings. The molecule has 0 saturated carbocycles. The zero-order valence-electron chi connectivity index (χ0n) is 38.2. The zero-order valence-corrected chi connectivity index (χ0v) is 38.2. The van der Waals surface area contributed by atoms with Gasteiger partial charge >= 0.3 is 12.2 Å². The van der Waals surface area contributed by atoms with E-state index >= 15 is 0 Å². The van der Waals surface area contributed by atoms with Crippen LogP contribution in [0.15, 0.2) is 60.7 Å². The molecule has 0 radical (unpaired) electrons. The third-order valence-electron chi connectivity index (χ3n) is 13.7. The van der Waals surface area contributed by atoms with Gasteiger partial charge in [-0.2, -0.15) is 5.26 Å². The summed E-state index contributed by atoms with van der Waals surface area (Å²) in [4.78, 5) is 74.5. The Balaban J connectivity index is 1.10. The highest BCUT2D eigenvalue weighted by Gasteiger charge is 2.40. The lowest BCUT2D eigenvalue weighted by molar-refractivity contribution is -0.136. The lowest BCUT2D eigenvalue weighted by atomic mass is 9.86. The maximum Gasteiger partial charge on any atom is 0.407 e. The molecule has 3 aliphatic heterocycles. The van der Waals surface area contributed by atoms with Gasteiger partial charge in [-0.3, -0.25) is 9.59 Å². The highest BCUT2D eigenvalue weighted by atomic mass is 16.5. The van der Waals surface area contributed by atoms with Crippen LogP contribution in [0, 0.1) is 23.2 Å². The number of nitrogens with one attached hydrogen (secondary N) is 4. The number of methoxy groups -OCH3 is 1. The highest BCUT2D eigenvalue weighted by molar-refractivity contribution is 5.87. The molecule has 3 aromatic carbocycles. The summed E-state index contributed by atoms with van der Waals surface area (Å²) in [7, 11) is 1.29. The number of fused-ring (bicyclic) bond motifs is 2. The van der Waals surface area contributed by atoms with Crippen LogP contribution in [0.1, 0.15) is 133 Å². The van der Waals surface area contributed by atoms with E-state index in [9.17, 15) is 29.5 Å². The summed E-state index contributed by atoms with van der Waals surface area (Å²) in [5.74, 6) is 0.651. The number of nitrogens with zero attached hydrogens (tertiary/aromatic N) is 6. The van der Waals surface area contributed by atoms with E-state index in [4.69, 9.17) is 14.7 Å². The summed E-state index contributed by atoms with van der Waals surface area (Å²) in [5.41, 5.74) is 6.88. The number of ether oxygens (including phenoxy) is 1. The maximum absolute atomic E-state index is 13.9. The molecule has 0 unspecified atom stereocenters. The van der Waals surface area contributed by atoms with Gasteiger partial charge in [-0.15, -0.1) is 0 Å². The number of H-pyrrole nitrogens is 2. The van der Waals surface area contributed by atoms with E-state index in [0.717, 1.165) is 88.8 Å². The molecule has 16 heteroatoms. The van der Waals surface area contributed by atoms with Gasteiger partial charge in [-0.25, -0.2) is 19.6 Å². The van der Waals surface area contributed by atoms with E-state index in [-0.39, 0.29) is 47.8 Å². The summed E-state index contributed by atoms with van der Waals surface area (Å²) in [6.45, 7) is 12.4. The second-order valence-electron chi connectivity index (χ2n) is 19.0. The number of nitriles is 1. The molecule has 6 atom stereocenters. The molecular formula is C49H60N10O6. The van der Waals surface area contributed by atoms with Crippen molar-refractivity contribution in [3.63, 3.8) is 0 Å². The predicted octanol–water partition coefficient (Wildman–Crippen LogP) is 8.32. The van der Waals surface area contributed by atoms with Crippen LogP contribution in [0.5, 0.6) is 0 Å². The van der Waals surface area contributed by atoms with Crippen molar-refractivity contribution < 1.29 is 29.0 Å². The molecule has 8 rings (SSSR count). The van der Waals surface area contributed by atoms with Gasteiger partial charge in [0, 0.05) is 18.8 Å². The quantitative estimate of drug-likeness (QED) is 0.0808. The van der Waals surface area contributed by atoms with Crippen molar-refractivity contribution in [3.05, 3.63) is 89.0 Å². The fourth-order valence-electron chi connectivity index (χ4n) is 10.1. The summed E-state index contributed by atoms with van der Waals surface area (Å²) < 4.78 is 4.82. The van der Waals surface area contributed by atoms with Gasteiger partial charge in [0.25, 0.3) is 0 Å². The molecule has 0 aliphatic carbocycles. The lowest BCUT2D eigenvalue weighted by Gasteiger charge is -2.34. The third-order valence-corrected chi connectivity index (χ3v) is 13.7. The minimum atomic E-state index is -1.22. The number of carbonyl (C=O) groups is 4. The van der Waals surface area contributed by atoms with Crippen LogP contribution in [-0.2, 0) is 19.7 Å². The molecule has 5 N–H and O–H groups in total. The predicted molar refractivity (Wildman–Crippen MR) is 246 cm³/mol. The van der Waals surface area contributed by atoms with Crippen LogP contribution in [-0.4, -0.2) is 91.1 Å². The number of aromatic amines is 2. The second kappa shape index (κ2) is 18.1. The van der Waals surface area contributed by atoms with Crippen LogP contribution in [0.2, 0.25) is 0 Å². The normalized spacial score (nSPS) is 21.0. The van der Waals surface area contributed by atoms with Gasteiger partial charge in [0.2, 0.25) is 11.8 Å². The van der Waals surface area contributed by atoms with Gasteiger partial charge in [0.1, 0.15) is 23.7 Å². The van der Waals surface area contributed by atoms with Crippen molar-refractivity contribution in [1.82, 2.24) is 40.4 Å². The van der Waals surface area contributed by atoms with Crippen molar-refractivity contribution >= 4 is 51.8 Å². The smallest absolute Gasteiger partial charge is 0.407 e. The van der Waals surface area contributed by atoms with E-state index in [2.05, 4.69) is 68.0 Å². The number of benzene rings is 3. The summed E-state index contributed by atoms with van der Waals surface area (Å²) in [6.07, 6.45) is 2.95. The Morgan fingerprint density at radius 3 is 1.65 bits per heavy atom. The first kappa shape index (κ1) is 45.0. The Morgan fingerprint density at radius 2 is 1.22 bits per heavy atom. The number of rotatable bonds is 12. The molecule has 3 fully saturated rings. The van der Waals surface area contributed by atoms with Crippen molar-refractivity contribution in [2.24, 2.45) is 11.8 Å². The summed E-state index contributed by atoms with van der Waals surface area (Å²) >= 11 is 0. The minimum Gasteiger partial charge on any atom is -0.465 e. The highest BCUT2D eigenvalue weighted by Crippen LogP contribution is 2.48. The number of hydrogen-bond acceptors (Lipinski definition) is 9. The monoisotopic (exact) mass is 884 g/mol. The Labute approximate surface area is 379 Å². The Morgan fingerprint density at radius 1 is 0.738 bits per heavy atom. The number of likely N-dealkylation sites (tertiary alicyclic amines) is 2. The first-order valence-electron chi connectivity index (χ1n) is 22.8. The van der Waals surface area contributed by atoms with Crippen LogP contribution in [0.4, 0.5) is 15.3 Å². The SMILES string of the molecule is COC(=O)N[C@H](C(=O)N1CCC[C@H]1c1nc2ccc([C@H]3CC[C@H](c4ccc5nc([C@@H]6CCCN6C(=O)[C@@H](NC(=O)O)C(C)C)[nH]c5c4)N3c3ccc(C(C)(C)C#N)cc3)cc2[nH]1)C(C)C. The van der Waals surface area contributed by atoms with Gasteiger partial charge in [-0.1, -0.05) is 52.0 Å². The lowest BCUT2D eigenvalue weighted by Crippen LogP contribution is -2.51. The molecule has 3 saturated heterocycles. The summed E-state index contributed by atoms with van der Waals surface area (Å²) in [5, 5.41) is 24.5. The molecular weight excluding hydrogens is 825 g/mol. The van der Waals surface area contributed by atoms with Gasteiger partial charge in [0.15, 0.2) is 0 Å².